The largest absolute Gasteiger partial charge is 0.479 e. The maximum absolute atomic E-state index is 11.8. The Morgan fingerprint density at radius 1 is 0.889 bits per heavy atom. The molecule has 1 unspecified atom stereocenters. The van der Waals surface area contributed by atoms with Crippen LogP contribution >= 0.6 is 11.6 Å². The van der Waals surface area contributed by atoms with Gasteiger partial charge in [0.05, 0.1) is 6.61 Å². The van der Waals surface area contributed by atoms with Gasteiger partial charge in [-0.05, 0) is 72.6 Å². The molecule has 140 valence electrons. The third kappa shape index (κ3) is 4.92. The zero-order valence-corrected chi connectivity index (χ0v) is 16.0. The Morgan fingerprint density at radius 3 is 2.22 bits per heavy atom. The molecule has 4 nitrogen and oxygen atoms in total. The zero-order valence-electron chi connectivity index (χ0n) is 15.3. The van der Waals surface area contributed by atoms with Crippen LogP contribution in [0.5, 0.6) is 17.2 Å². The van der Waals surface area contributed by atoms with E-state index in [0.29, 0.717) is 29.5 Å². The lowest BCUT2D eigenvalue weighted by atomic mass is 10.1. The second-order valence-corrected chi connectivity index (χ2v) is 6.43. The molecule has 3 rings (SSSR count). The Hall–Kier alpha value is -2.72. The summed E-state index contributed by atoms with van der Waals surface area (Å²) in [6, 6.07) is 18.7. The van der Waals surface area contributed by atoms with Crippen molar-refractivity contribution >= 4 is 28.3 Å². The molecule has 1 atom stereocenters. The van der Waals surface area contributed by atoms with E-state index in [0.717, 1.165) is 16.5 Å². The zero-order chi connectivity index (χ0) is 19.2. The molecule has 0 aliphatic heterocycles. The van der Waals surface area contributed by atoms with Gasteiger partial charge in [-0.25, -0.2) is 4.79 Å². The summed E-state index contributed by atoms with van der Waals surface area (Å²) in [5.41, 5.74) is 0. The molecule has 0 heterocycles. The smallest absolute Gasteiger partial charge is 0.347 e. The number of halogens is 1. The van der Waals surface area contributed by atoms with Gasteiger partial charge in [0.15, 0.2) is 6.10 Å². The first-order valence-electron chi connectivity index (χ1n) is 8.89. The predicted octanol–water partition coefficient (Wildman–Crippen LogP) is 6.01. The van der Waals surface area contributed by atoms with Gasteiger partial charge in [0, 0.05) is 5.02 Å². The summed E-state index contributed by atoms with van der Waals surface area (Å²) in [6.45, 7) is 3.99. The topological polar surface area (TPSA) is 44.8 Å². The van der Waals surface area contributed by atoms with Gasteiger partial charge in [-0.15, -0.1) is 0 Å². The average Bonchev–Trinajstić information content (AvgIpc) is 2.67. The maximum atomic E-state index is 11.8. The summed E-state index contributed by atoms with van der Waals surface area (Å²) < 4.78 is 16.6. The van der Waals surface area contributed by atoms with Crippen molar-refractivity contribution in [2.75, 3.05) is 6.61 Å². The monoisotopic (exact) mass is 384 g/mol. The van der Waals surface area contributed by atoms with Gasteiger partial charge in [-0.1, -0.05) is 30.7 Å². The number of esters is 1. The minimum absolute atomic E-state index is 0.337. The SMILES string of the molecule is CCOC(=O)C(CC)Oc1ccc(Oc2ccc3cc(Cl)ccc3c2)cc1. The van der Waals surface area contributed by atoms with E-state index in [1.54, 1.807) is 31.2 Å². The Labute approximate surface area is 163 Å². The van der Waals surface area contributed by atoms with Gasteiger partial charge < -0.3 is 14.2 Å². The fourth-order valence-electron chi connectivity index (χ4n) is 2.68. The molecule has 0 bridgehead atoms. The van der Waals surface area contributed by atoms with Crippen molar-refractivity contribution in [1.82, 2.24) is 0 Å². The second kappa shape index (κ2) is 8.78. The third-order valence-corrected chi connectivity index (χ3v) is 4.27. The lowest BCUT2D eigenvalue weighted by molar-refractivity contribution is -0.151. The molecule has 0 fully saturated rings. The summed E-state index contributed by atoms with van der Waals surface area (Å²) in [6.07, 6.45) is -0.0675. The molecule has 0 N–H and O–H groups in total. The molecular weight excluding hydrogens is 364 g/mol. The van der Waals surface area contributed by atoms with Crippen LogP contribution in [0.25, 0.3) is 10.8 Å². The number of hydrogen-bond acceptors (Lipinski definition) is 4. The molecule has 27 heavy (non-hydrogen) atoms. The number of benzene rings is 3. The number of carbonyl (C=O) groups is 1. The highest BCUT2D eigenvalue weighted by atomic mass is 35.5. The molecule has 0 saturated heterocycles. The van der Waals surface area contributed by atoms with Crippen LogP contribution in [0.15, 0.2) is 60.7 Å². The van der Waals surface area contributed by atoms with Crippen molar-refractivity contribution in [3.8, 4) is 17.2 Å². The Balaban J connectivity index is 1.68. The van der Waals surface area contributed by atoms with Crippen molar-refractivity contribution in [1.29, 1.82) is 0 Å². The number of fused-ring (bicyclic) bond motifs is 1. The molecule has 0 amide bonds. The molecule has 0 aromatic heterocycles. The van der Waals surface area contributed by atoms with Crippen LogP contribution in [-0.4, -0.2) is 18.7 Å². The number of rotatable bonds is 7. The Bertz CT molecular complexity index is 921. The van der Waals surface area contributed by atoms with Crippen LogP contribution < -0.4 is 9.47 Å². The van der Waals surface area contributed by atoms with Crippen molar-refractivity contribution in [2.24, 2.45) is 0 Å². The fourth-order valence-corrected chi connectivity index (χ4v) is 2.86. The van der Waals surface area contributed by atoms with E-state index in [2.05, 4.69) is 0 Å². The van der Waals surface area contributed by atoms with Crippen LogP contribution in [-0.2, 0) is 9.53 Å². The first kappa shape index (κ1) is 19.1. The van der Waals surface area contributed by atoms with E-state index in [-0.39, 0.29) is 5.97 Å². The molecule has 3 aromatic carbocycles. The first-order valence-corrected chi connectivity index (χ1v) is 9.27. The maximum Gasteiger partial charge on any atom is 0.347 e. The molecule has 0 saturated carbocycles. The van der Waals surface area contributed by atoms with Crippen molar-refractivity contribution < 1.29 is 19.0 Å². The number of hydrogen-bond donors (Lipinski definition) is 0. The second-order valence-electron chi connectivity index (χ2n) is 5.99. The molecule has 0 radical (unpaired) electrons. The van der Waals surface area contributed by atoms with Gasteiger partial charge in [-0.3, -0.25) is 0 Å². The summed E-state index contributed by atoms with van der Waals surface area (Å²) in [7, 11) is 0. The molecule has 0 aliphatic rings. The van der Waals surface area contributed by atoms with Crippen LogP contribution in [0.2, 0.25) is 5.02 Å². The van der Waals surface area contributed by atoms with E-state index in [9.17, 15) is 4.79 Å². The summed E-state index contributed by atoms with van der Waals surface area (Å²) >= 11 is 6.01. The van der Waals surface area contributed by atoms with E-state index in [1.165, 1.54) is 0 Å². The van der Waals surface area contributed by atoms with Gasteiger partial charge in [0.1, 0.15) is 17.2 Å². The van der Waals surface area contributed by atoms with Gasteiger partial charge in [0.25, 0.3) is 0 Å². The highest BCUT2D eigenvalue weighted by molar-refractivity contribution is 6.31. The van der Waals surface area contributed by atoms with E-state index >= 15 is 0 Å². The van der Waals surface area contributed by atoms with Crippen LogP contribution in [0, 0.1) is 0 Å². The van der Waals surface area contributed by atoms with Gasteiger partial charge in [-0.2, -0.15) is 0 Å². The summed E-state index contributed by atoms with van der Waals surface area (Å²) in [5, 5.41) is 2.82. The fraction of sp³-hybridized carbons (Fsp3) is 0.227. The van der Waals surface area contributed by atoms with E-state index in [4.69, 9.17) is 25.8 Å². The molecular formula is C22H21ClO4. The molecule has 0 spiro atoms. The highest BCUT2D eigenvalue weighted by Gasteiger charge is 2.19. The lowest BCUT2D eigenvalue weighted by Crippen LogP contribution is -2.28. The summed E-state index contributed by atoms with van der Waals surface area (Å²) in [4.78, 5) is 11.8. The van der Waals surface area contributed by atoms with Gasteiger partial charge in [0.2, 0.25) is 0 Å². The summed E-state index contributed by atoms with van der Waals surface area (Å²) in [5.74, 6) is 1.66. The minimum atomic E-state index is -0.607. The number of ether oxygens (including phenoxy) is 3. The van der Waals surface area contributed by atoms with Gasteiger partial charge >= 0.3 is 5.97 Å². The van der Waals surface area contributed by atoms with Crippen molar-refractivity contribution in [3.05, 3.63) is 65.7 Å². The van der Waals surface area contributed by atoms with E-state index in [1.807, 2.05) is 43.3 Å². The molecule has 0 aliphatic carbocycles. The van der Waals surface area contributed by atoms with Crippen LogP contribution in [0.3, 0.4) is 0 Å². The Morgan fingerprint density at radius 2 is 1.52 bits per heavy atom. The van der Waals surface area contributed by atoms with Crippen LogP contribution in [0.4, 0.5) is 0 Å². The minimum Gasteiger partial charge on any atom is -0.479 e. The standard InChI is InChI=1S/C22H21ClO4/c1-3-21(22(24)25-4-2)27-19-11-9-18(10-12-19)26-20-8-6-15-13-17(23)7-5-16(15)14-20/h5-14,21H,3-4H2,1-2H3. The molecule has 5 heteroatoms. The van der Waals surface area contributed by atoms with Crippen LogP contribution in [0.1, 0.15) is 20.3 Å². The highest BCUT2D eigenvalue weighted by Crippen LogP contribution is 2.28. The normalized spacial score (nSPS) is 11.8. The van der Waals surface area contributed by atoms with Crippen molar-refractivity contribution in [2.45, 2.75) is 26.4 Å². The predicted molar refractivity (Wildman–Crippen MR) is 107 cm³/mol. The van der Waals surface area contributed by atoms with Crippen molar-refractivity contribution in [3.63, 3.8) is 0 Å². The third-order valence-electron chi connectivity index (χ3n) is 4.03. The average molecular weight is 385 g/mol. The first-order chi connectivity index (χ1) is 13.1. The molecule has 3 aromatic rings. The number of carbonyl (C=O) groups excluding carboxylic acids is 1. The Kier molecular flexibility index (Phi) is 6.20. The quantitative estimate of drug-likeness (QED) is 0.468. The van der Waals surface area contributed by atoms with E-state index < -0.39 is 6.10 Å². The lowest BCUT2D eigenvalue weighted by Gasteiger charge is -2.16.